The van der Waals surface area contributed by atoms with Crippen molar-refractivity contribution in [3.63, 3.8) is 0 Å². The molecule has 0 spiro atoms. The molecule has 2 aromatic heterocycles. The van der Waals surface area contributed by atoms with Gasteiger partial charge in [-0.05, 0) is 47.9 Å². The van der Waals surface area contributed by atoms with Gasteiger partial charge in [-0.3, -0.25) is 0 Å². The lowest BCUT2D eigenvalue weighted by atomic mass is 9.93. The van der Waals surface area contributed by atoms with Crippen LogP contribution in [0.3, 0.4) is 0 Å². The Bertz CT molecular complexity index is 1070. The third kappa shape index (κ3) is 2.41. The molecule has 0 fully saturated rings. The molecule has 0 N–H and O–H groups in total. The molecule has 0 aliphatic heterocycles. The predicted molar refractivity (Wildman–Crippen MR) is 118 cm³/mol. The second-order valence-electron chi connectivity index (χ2n) is 6.81. The fourth-order valence-corrected chi connectivity index (χ4v) is 5.62. The van der Waals surface area contributed by atoms with Crippen molar-refractivity contribution in [1.82, 2.24) is 0 Å². The summed E-state index contributed by atoms with van der Waals surface area (Å²) in [6, 6.07) is 22.4. The van der Waals surface area contributed by atoms with Crippen LogP contribution in [0.25, 0.3) is 42.4 Å². The number of fused-ring (bicyclic) bond motifs is 2. The first kappa shape index (κ1) is 15.8. The quantitative estimate of drug-likeness (QED) is 0.295. The van der Waals surface area contributed by atoms with Crippen molar-refractivity contribution in [2.24, 2.45) is 0 Å². The molecule has 2 heteroatoms. The third-order valence-corrected chi connectivity index (χ3v) is 6.87. The molecule has 0 atom stereocenters. The Morgan fingerprint density at radius 1 is 0.500 bits per heavy atom. The second-order valence-corrected chi connectivity index (χ2v) is 8.64. The standard InChI is InChI=1S/C24H18S2/c1-15-3-7-17(8-4-15)21-19-11-13-26-24(19)22(20-12-14-25-23(20)21)18-9-5-16(2)6-10-18/h3-14H,1-2H3. The minimum atomic E-state index is 1.30. The molecule has 0 aliphatic carbocycles. The van der Waals surface area contributed by atoms with Gasteiger partial charge in [-0.25, -0.2) is 0 Å². The molecule has 0 saturated heterocycles. The molecule has 2 heterocycles. The van der Waals surface area contributed by atoms with Gasteiger partial charge >= 0.3 is 0 Å². The second kappa shape index (κ2) is 6.08. The third-order valence-electron chi connectivity index (χ3n) is 5.00. The van der Waals surface area contributed by atoms with E-state index in [1.807, 2.05) is 22.7 Å². The topological polar surface area (TPSA) is 0 Å². The van der Waals surface area contributed by atoms with Crippen molar-refractivity contribution in [2.75, 3.05) is 0 Å². The average molecular weight is 371 g/mol. The fourth-order valence-electron chi connectivity index (χ4n) is 3.66. The Balaban J connectivity index is 1.90. The maximum absolute atomic E-state index is 2.28. The summed E-state index contributed by atoms with van der Waals surface area (Å²) in [4.78, 5) is 0. The van der Waals surface area contributed by atoms with E-state index in [1.54, 1.807) is 0 Å². The van der Waals surface area contributed by atoms with Gasteiger partial charge in [0.15, 0.2) is 0 Å². The van der Waals surface area contributed by atoms with Crippen molar-refractivity contribution in [2.45, 2.75) is 13.8 Å². The van der Waals surface area contributed by atoms with E-state index in [4.69, 9.17) is 0 Å². The van der Waals surface area contributed by atoms with E-state index < -0.39 is 0 Å². The summed E-state index contributed by atoms with van der Waals surface area (Å²) in [5.41, 5.74) is 7.97. The van der Waals surface area contributed by atoms with E-state index in [9.17, 15) is 0 Å². The van der Waals surface area contributed by atoms with Gasteiger partial charge in [0, 0.05) is 31.3 Å². The predicted octanol–water partition coefficient (Wildman–Crippen LogP) is 8.07. The van der Waals surface area contributed by atoms with Crippen LogP contribution in [0, 0.1) is 13.8 Å². The number of benzene rings is 3. The van der Waals surface area contributed by atoms with Crippen molar-refractivity contribution < 1.29 is 0 Å². The zero-order chi connectivity index (χ0) is 17.7. The van der Waals surface area contributed by atoms with Crippen molar-refractivity contribution >= 4 is 42.8 Å². The zero-order valence-corrected chi connectivity index (χ0v) is 16.4. The molecule has 0 nitrogen and oxygen atoms in total. The molecule has 0 amide bonds. The number of hydrogen-bond acceptors (Lipinski definition) is 2. The molecule has 0 radical (unpaired) electrons. The molecular formula is C24H18S2. The first-order valence-corrected chi connectivity index (χ1v) is 10.5. The van der Waals surface area contributed by atoms with Gasteiger partial charge in [-0.1, -0.05) is 59.7 Å². The molecule has 5 aromatic rings. The van der Waals surface area contributed by atoms with E-state index in [2.05, 4.69) is 85.3 Å². The highest BCUT2D eigenvalue weighted by Gasteiger charge is 2.18. The Morgan fingerprint density at radius 3 is 1.27 bits per heavy atom. The van der Waals surface area contributed by atoms with Gasteiger partial charge in [0.2, 0.25) is 0 Å². The number of thiophene rings is 2. The summed E-state index contributed by atoms with van der Waals surface area (Å²) >= 11 is 3.70. The molecule has 3 aromatic carbocycles. The minimum Gasteiger partial charge on any atom is -0.143 e. The lowest BCUT2D eigenvalue weighted by Crippen LogP contribution is -1.86. The van der Waals surface area contributed by atoms with E-state index in [0.717, 1.165) is 0 Å². The molecule has 0 bridgehead atoms. The lowest BCUT2D eigenvalue weighted by Gasteiger charge is -2.12. The van der Waals surface area contributed by atoms with Crippen LogP contribution in [0.1, 0.15) is 11.1 Å². The van der Waals surface area contributed by atoms with Crippen LogP contribution in [0.5, 0.6) is 0 Å². The fraction of sp³-hybridized carbons (Fsp3) is 0.0833. The van der Waals surface area contributed by atoms with Crippen LogP contribution in [-0.4, -0.2) is 0 Å². The van der Waals surface area contributed by atoms with Gasteiger partial charge < -0.3 is 0 Å². The zero-order valence-electron chi connectivity index (χ0n) is 14.7. The Labute approximate surface area is 161 Å². The highest BCUT2D eigenvalue weighted by atomic mass is 32.1. The summed E-state index contributed by atoms with van der Waals surface area (Å²) in [6.07, 6.45) is 0. The Morgan fingerprint density at radius 2 is 0.885 bits per heavy atom. The molecule has 0 unspecified atom stereocenters. The van der Waals surface area contributed by atoms with E-state index in [-0.39, 0.29) is 0 Å². The van der Waals surface area contributed by atoms with Crippen LogP contribution < -0.4 is 0 Å². The largest absolute Gasteiger partial charge is 0.143 e. The van der Waals surface area contributed by atoms with Gasteiger partial charge in [-0.15, -0.1) is 22.7 Å². The molecule has 26 heavy (non-hydrogen) atoms. The molecular weight excluding hydrogens is 352 g/mol. The summed E-state index contributed by atoms with van der Waals surface area (Å²) in [5, 5.41) is 7.18. The average Bonchev–Trinajstić information content (AvgIpc) is 3.31. The smallest absolute Gasteiger partial charge is 0.0434 e. The van der Waals surface area contributed by atoms with Crippen molar-refractivity contribution in [3.8, 4) is 22.3 Å². The highest BCUT2D eigenvalue weighted by Crippen LogP contribution is 2.47. The first-order valence-electron chi connectivity index (χ1n) is 8.77. The monoisotopic (exact) mass is 370 g/mol. The summed E-state index contributed by atoms with van der Waals surface area (Å²) in [7, 11) is 0. The SMILES string of the molecule is Cc1ccc(-c2c3ccsc3c(-c3ccc(C)cc3)c3ccsc23)cc1. The summed E-state index contributed by atoms with van der Waals surface area (Å²) in [5.74, 6) is 0. The van der Waals surface area contributed by atoms with Crippen LogP contribution in [0.15, 0.2) is 71.4 Å². The Hall–Kier alpha value is -2.42. The van der Waals surface area contributed by atoms with E-state index >= 15 is 0 Å². The van der Waals surface area contributed by atoms with E-state index in [0.29, 0.717) is 0 Å². The van der Waals surface area contributed by atoms with Crippen LogP contribution >= 0.6 is 22.7 Å². The lowest BCUT2D eigenvalue weighted by molar-refractivity contribution is 1.47. The van der Waals surface area contributed by atoms with Gasteiger partial charge in [-0.2, -0.15) is 0 Å². The number of rotatable bonds is 2. The van der Waals surface area contributed by atoms with Gasteiger partial charge in [0.1, 0.15) is 0 Å². The maximum Gasteiger partial charge on any atom is 0.0434 e. The number of aryl methyl sites for hydroxylation is 2. The normalized spacial score (nSPS) is 11.5. The molecule has 5 rings (SSSR count). The minimum absolute atomic E-state index is 1.30. The first-order chi connectivity index (χ1) is 12.7. The van der Waals surface area contributed by atoms with Crippen molar-refractivity contribution in [1.29, 1.82) is 0 Å². The van der Waals surface area contributed by atoms with Crippen LogP contribution in [0.4, 0.5) is 0 Å². The number of hydrogen-bond donors (Lipinski definition) is 0. The van der Waals surface area contributed by atoms with Crippen molar-refractivity contribution in [3.05, 3.63) is 82.6 Å². The van der Waals surface area contributed by atoms with E-state index in [1.165, 1.54) is 53.6 Å². The van der Waals surface area contributed by atoms with Crippen LogP contribution in [-0.2, 0) is 0 Å². The molecule has 0 saturated carbocycles. The molecule has 0 aliphatic rings. The van der Waals surface area contributed by atoms with Gasteiger partial charge in [0.25, 0.3) is 0 Å². The highest BCUT2D eigenvalue weighted by molar-refractivity contribution is 7.20. The van der Waals surface area contributed by atoms with Gasteiger partial charge in [0.05, 0.1) is 0 Å². The Kier molecular flexibility index (Phi) is 3.70. The summed E-state index contributed by atoms with van der Waals surface area (Å²) in [6.45, 7) is 4.29. The summed E-state index contributed by atoms with van der Waals surface area (Å²) < 4.78 is 2.77. The maximum atomic E-state index is 2.28. The van der Waals surface area contributed by atoms with Crippen LogP contribution in [0.2, 0.25) is 0 Å². The molecule has 126 valence electrons.